The van der Waals surface area contributed by atoms with Crippen LogP contribution in [0, 0.1) is 13.8 Å². The molecule has 0 spiro atoms. The van der Waals surface area contributed by atoms with Crippen molar-refractivity contribution in [2.45, 2.75) is 38.7 Å². The van der Waals surface area contributed by atoms with E-state index in [4.69, 9.17) is 9.26 Å². The molecule has 0 atom stereocenters. The molecule has 0 radical (unpaired) electrons. The van der Waals surface area contributed by atoms with Crippen LogP contribution < -0.4 is 10.0 Å². The highest BCUT2D eigenvalue weighted by Crippen LogP contribution is 2.18. The van der Waals surface area contributed by atoms with Crippen LogP contribution >= 0.6 is 0 Å². The molecule has 0 saturated carbocycles. The maximum absolute atomic E-state index is 12.0. The summed E-state index contributed by atoms with van der Waals surface area (Å²) < 4.78 is 36.4. The summed E-state index contributed by atoms with van der Waals surface area (Å²) in [6.45, 7) is 7.14. The number of ether oxygens (including phenoxy) is 1. The molecular weight excluding hydrogens is 298 g/mol. The molecule has 1 aromatic rings. The number of hydrogen-bond donors (Lipinski definition) is 2. The van der Waals surface area contributed by atoms with E-state index in [0.29, 0.717) is 13.2 Å². The van der Waals surface area contributed by atoms with Gasteiger partial charge in [0.15, 0.2) is 5.76 Å². The number of sulfonamides is 1. The van der Waals surface area contributed by atoms with E-state index in [1.54, 1.807) is 0 Å². The molecule has 0 unspecified atom stereocenters. The van der Waals surface area contributed by atoms with Crippen LogP contribution in [0.1, 0.15) is 25.3 Å². The van der Waals surface area contributed by atoms with Gasteiger partial charge < -0.3 is 14.6 Å². The van der Waals surface area contributed by atoms with Crippen molar-refractivity contribution in [3.8, 4) is 0 Å². The second-order valence-corrected chi connectivity index (χ2v) is 6.45. The lowest BCUT2D eigenvalue weighted by molar-refractivity contribution is -0.120. The summed E-state index contributed by atoms with van der Waals surface area (Å²) in [5.74, 6) is -0.247. The Morgan fingerprint density at radius 1 is 1.38 bits per heavy atom. The lowest BCUT2D eigenvalue weighted by atomic mass is 10.4. The van der Waals surface area contributed by atoms with E-state index in [-0.39, 0.29) is 29.0 Å². The Morgan fingerprint density at radius 2 is 2.05 bits per heavy atom. The summed E-state index contributed by atoms with van der Waals surface area (Å²) in [6, 6.07) is 0. The van der Waals surface area contributed by atoms with Crippen LogP contribution in [0.5, 0.6) is 0 Å². The van der Waals surface area contributed by atoms with Gasteiger partial charge in [-0.05, 0) is 27.7 Å². The van der Waals surface area contributed by atoms with Crippen LogP contribution in [0.3, 0.4) is 0 Å². The van der Waals surface area contributed by atoms with Crippen LogP contribution in [0.15, 0.2) is 9.42 Å². The monoisotopic (exact) mass is 319 g/mol. The van der Waals surface area contributed by atoms with Gasteiger partial charge in [-0.25, -0.2) is 13.1 Å². The molecule has 0 aliphatic carbocycles. The van der Waals surface area contributed by atoms with Crippen molar-refractivity contribution in [3.63, 3.8) is 0 Å². The van der Waals surface area contributed by atoms with E-state index in [1.807, 2.05) is 13.8 Å². The van der Waals surface area contributed by atoms with Crippen molar-refractivity contribution in [1.29, 1.82) is 0 Å². The maximum Gasteiger partial charge on any atom is 0.246 e. The van der Waals surface area contributed by atoms with Gasteiger partial charge in [-0.2, -0.15) is 0 Å². The average Bonchev–Trinajstić information content (AvgIpc) is 2.72. The molecule has 0 saturated heterocycles. The molecule has 0 fully saturated rings. The van der Waals surface area contributed by atoms with Crippen LogP contribution in [-0.4, -0.2) is 45.3 Å². The zero-order valence-electron chi connectivity index (χ0n) is 12.6. The molecular formula is C12H21N3O5S. The van der Waals surface area contributed by atoms with Gasteiger partial charge in [-0.1, -0.05) is 5.16 Å². The van der Waals surface area contributed by atoms with Gasteiger partial charge in [-0.3, -0.25) is 4.79 Å². The largest absolute Gasteiger partial charge is 0.377 e. The minimum Gasteiger partial charge on any atom is -0.377 e. The molecule has 0 aliphatic rings. The average molecular weight is 319 g/mol. The molecule has 1 rings (SSSR count). The normalized spacial score (nSPS) is 11.9. The smallest absolute Gasteiger partial charge is 0.246 e. The molecule has 2 N–H and O–H groups in total. The minimum atomic E-state index is -3.82. The number of nitrogens with zero attached hydrogens (tertiary/aromatic N) is 1. The highest BCUT2D eigenvalue weighted by Gasteiger charge is 2.24. The molecule has 0 bridgehead atoms. The van der Waals surface area contributed by atoms with Gasteiger partial charge in [0, 0.05) is 6.54 Å². The summed E-state index contributed by atoms with van der Waals surface area (Å²) in [7, 11) is -3.82. The summed E-state index contributed by atoms with van der Waals surface area (Å²) in [5, 5.41) is 6.13. The lowest BCUT2D eigenvalue weighted by Crippen LogP contribution is -2.38. The predicted octanol–water partition coefficient (Wildman–Crippen LogP) is 0.111. The highest BCUT2D eigenvalue weighted by molar-refractivity contribution is 7.89. The standard InChI is InChI=1S/C12H21N3O5S/c1-8(2)19-6-5-13-11(16)7-14-21(17,18)12-9(3)15-20-10(12)4/h8,14H,5-7H2,1-4H3,(H,13,16). The molecule has 21 heavy (non-hydrogen) atoms. The van der Waals surface area contributed by atoms with E-state index >= 15 is 0 Å². The number of carbonyl (C=O) groups excluding carboxylic acids is 1. The summed E-state index contributed by atoms with van der Waals surface area (Å²) >= 11 is 0. The highest BCUT2D eigenvalue weighted by atomic mass is 32.2. The molecule has 1 amide bonds. The third-order valence-electron chi connectivity index (χ3n) is 2.53. The summed E-state index contributed by atoms with van der Waals surface area (Å²) in [4.78, 5) is 11.5. The fourth-order valence-electron chi connectivity index (χ4n) is 1.64. The fourth-order valence-corrected chi connectivity index (χ4v) is 2.95. The molecule has 120 valence electrons. The van der Waals surface area contributed by atoms with Gasteiger partial charge in [0.2, 0.25) is 15.9 Å². The van der Waals surface area contributed by atoms with E-state index in [1.165, 1.54) is 13.8 Å². The van der Waals surface area contributed by atoms with Gasteiger partial charge in [0.1, 0.15) is 10.6 Å². The molecule has 8 nitrogen and oxygen atoms in total. The van der Waals surface area contributed by atoms with E-state index < -0.39 is 15.9 Å². The zero-order valence-corrected chi connectivity index (χ0v) is 13.4. The Labute approximate surface area is 124 Å². The number of aryl methyl sites for hydroxylation is 2. The number of amides is 1. The molecule has 1 heterocycles. The van der Waals surface area contributed by atoms with Crippen molar-refractivity contribution >= 4 is 15.9 Å². The van der Waals surface area contributed by atoms with Gasteiger partial charge in [0.05, 0.1) is 19.3 Å². The number of aromatic nitrogens is 1. The second kappa shape index (κ2) is 7.53. The van der Waals surface area contributed by atoms with E-state index in [2.05, 4.69) is 15.2 Å². The van der Waals surface area contributed by atoms with Crippen molar-refractivity contribution in [2.24, 2.45) is 0 Å². The molecule has 0 aromatic carbocycles. The Morgan fingerprint density at radius 3 is 2.57 bits per heavy atom. The third kappa shape index (κ3) is 5.44. The quantitative estimate of drug-likeness (QED) is 0.658. The first-order valence-electron chi connectivity index (χ1n) is 6.55. The fraction of sp³-hybridized carbons (Fsp3) is 0.667. The van der Waals surface area contributed by atoms with Gasteiger partial charge in [-0.15, -0.1) is 0 Å². The number of hydrogen-bond acceptors (Lipinski definition) is 6. The van der Waals surface area contributed by atoms with Crippen LogP contribution in [0.2, 0.25) is 0 Å². The first-order chi connectivity index (χ1) is 9.74. The van der Waals surface area contributed by atoms with Crippen molar-refractivity contribution in [3.05, 3.63) is 11.5 Å². The first-order valence-corrected chi connectivity index (χ1v) is 8.03. The van der Waals surface area contributed by atoms with Crippen molar-refractivity contribution < 1.29 is 22.5 Å². The van der Waals surface area contributed by atoms with E-state index in [9.17, 15) is 13.2 Å². The molecule has 9 heteroatoms. The maximum atomic E-state index is 12.0. The molecule has 0 aliphatic heterocycles. The number of carbonyl (C=O) groups is 1. The van der Waals surface area contributed by atoms with Gasteiger partial charge >= 0.3 is 0 Å². The zero-order chi connectivity index (χ0) is 16.0. The predicted molar refractivity (Wildman–Crippen MR) is 75.3 cm³/mol. The van der Waals surface area contributed by atoms with Crippen LogP contribution in [-0.2, 0) is 19.6 Å². The SMILES string of the molecule is Cc1noc(C)c1S(=O)(=O)NCC(=O)NCCOC(C)C. The van der Waals surface area contributed by atoms with Crippen LogP contribution in [0.4, 0.5) is 0 Å². The first kappa shape index (κ1) is 17.6. The third-order valence-corrected chi connectivity index (χ3v) is 4.18. The summed E-state index contributed by atoms with van der Waals surface area (Å²) in [5.41, 5.74) is 0.255. The van der Waals surface area contributed by atoms with E-state index in [0.717, 1.165) is 0 Å². The summed E-state index contributed by atoms with van der Waals surface area (Å²) in [6.07, 6.45) is 0.0833. The number of rotatable bonds is 8. The minimum absolute atomic E-state index is 0.0292. The molecule has 1 aromatic heterocycles. The Hall–Kier alpha value is -1.45. The number of nitrogens with one attached hydrogen (secondary N) is 2. The van der Waals surface area contributed by atoms with Crippen molar-refractivity contribution in [1.82, 2.24) is 15.2 Å². The van der Waals surface area contributed by atoms with Crippen molar-refractivity contribution in [2.75, 3.05) is 19.7 Å². The topological polar surface area (TPSA) is 111 Å². The second-order valence-electron chi connectivity index (χ2n) is 4.75. The Balaban J connectivity index is 2.46. The Kier molecular flexibility index (Phi) is 6.31. The lowest BCUT2D eigenvalue weighted by Gasteiger charge is -2.09. The van der Waals surface area contributed by atoms with Crippen LogP contribution in [0.25, 0.3) is 0 Å². The van der Waals surface area contributed by atoms with Gasteiger partial charge in [0.25, 0.3) is 0 Å². The Bertz CT molecular complexity index is 560.